The minimum Gasteiger partial charge on any atom is -0.489 e. The van der Waals surface area contributed by atoms with Gasteiger partial charge in [0.25, 0.3) is 11.5 Å². The number of carbonyl (C=O) groups excluding carboxylic acids is 1. The van der Waals surface area contributed by atoms with Crippen LogP contribution in [0.2, 0.25) is 0 Å². The van der Waals surface area contributed by atoms with Gasteiger partial charge in [0, 0.05) is 24.4 Å². The molecule has 2 heterocycles. The normalized spacial score (nSPS) is 11.2. The third-order valence-corrected chi connectivity index (χ3v) is 7.67. The number of nitrogens with one attached hydrogen (secondary N) is 1. The molecule has 0 unspecified atom stereocenters. The highest BCUT2D eigenvalue weighted by molar-refractivity contribution is 6.10. The van der Waals surface area contributed by atoms with E-state index < -0.39 is 11.5 Å². The first kappa shape index (κ1) is 30.6. The summed E-state index contributed by atoms with van der Waals surface area (Å²) in [5, 5.41) is 17.5. The van der Waals surface area contributed by atoms with E-state index in [9.17, 15) is 19.2 Å². The smallest absolute Gasteiger partial charge is 0.295 e. The van der Waals surface area contributed by atoms with Gasteiger partial charge in [-0.1, -0.05) is 48.5 Å². The number of para-hydroxylation sites is 2. The molecular formula is C37H29FN6O3. The summed E-state index contributed by atoms with van der Waals surface area (Å²) in [7, 11) is 1.73. The molecule has 0 bridgehead atoms. The molecule has 0 radical (unpaired) electrons. The highest BCUT2D eigenvalue weighted by Gasteiger charge is 2.21. The molecule has 1 amide bonds. The van der Waals surface area contributed by atoms with E-state index in [0.29, 0.717) is 28.4 Å². The van der Waals surface area contributed by atoms with Gasteiger partial charge < -0.3 is 10.1 Å². The van der Waals surface area contributed by atoms with Crippen LogP contribution in [0.5, 0.6) is 5.75 Å². The second-order valence-corrected chi connectivity index (χ2v) is 10.7. The molecule has 0 aliphatic carbocycles. The van der Waals surface area contributed by atoms with Crippen molar-refractivity contribution < 1.29 is 13.9 Å². The van der Waals surface area contributed by atoms with Gasteiger partial charge in [0.15, 0.2) is 0 Å². The van der Waals surface area contributed by atoms with Crippen molar-refractivity contribution in [3.8, 4) is 34.5 Å². The lowest BCUT2D eigenvalue weighted by Crippen LogP contribution is -2.23. The lowest BCUT2D eigenvalue weighted by molar-refractivity contribution is -0.112. The number of ether oxygens (including phenoxy) is 1. The molecule has 0 aliphatic rings. The van der Waals surface area contributed by atoms with Crippen LogP contribution in [0.1, 0.15) is 16.8 Å². The van der Waals surface area contributed by atoms with Crippen LogP contribution in [0.15, 0.2) is 126 Å². The number of nitrogens with zero attached hydrogens (tertiary/aromatic N) is 5. The molecule has 47 heavy (non-hydrogen) atoms. The summed E-state index contributed by atoms with van der Waals surface area (Å²) < 4.78 is 23.9. The quantitative estimate of drug-likeness (QED) is 0.144. The minimum absolute atomic E-state index is 0.0823. The number of amides is 1. The fourth-order valence-corrected chi connectivity index (χ4v) is 5.08. The van der Waals surface area contributed by atoms with Crippen LogP contribution < -0.4 is 15.6 Å². The first-order valence-corrected chi connectivity index (χ1v) is 14.7. The summed E-state index contributed by atoms with van der Waals surface area (Å²) >= 11 is 0. The molecule has 0 atom stereocenters. The average Bonchev–Trinajstić information content (AvgIpc) is 3.62. The van der Waals surface area contributed by atoms with E-state index in [4.69, 9.17) is 9.84 Å². The Morgan fingerprint density at radius 3 is 2.21 bits per heavy atom. The van der Waals surface area contributed by atoms with E-state index in [2.05, 4.69) is 5.32 Å². The number of carbonyl (C=O) groups is 1. The highest BCUT2D eigenvalue weighted by Crippen LogP contribution is 2.28. The predicted octanol–water partition coefficient (Wildman–Crippen LogP) is 6.60. The Balaban J connectivity index is 1.31. The first-order valence-electron chi connectivity index (χ1n) is 14.7. The monoisotopic (exact) mass is 624 g/mol. The van der Waals surface area contributed by atoms with Crippen molar-refractivity contribution in [1.82, 2.24) is 19.1 Å². The second-order valence-electron chi connectivity index (χ2n) is 10.7. The van der Waals surface area contributed by atoms with Gasteiger partial charge in [0.05, 0.1) is 22.8 Å². The number of nitriles is 1. The maximum absolute atomic E-state index is 13.5. The van der Waals surface area contributed by atoms with Crippen molar-refractivity contribution in [3.05, 3.63) is 154 Å². The van der Waals surface area contributed by atoms with Crippen molar-refractivity contribution in [3.63, 3.8) is 0 Å². The number of benzene rings is 4. The Labute approximate surface area is 270 Å². The van der Waals surface area contributed by atoms with Gasteiger partial charge in [-0.15, -0.1) is 0 Å². The lowest BCUT2D eigenvalue weighted by Gasteiger charge is -2.07. The largest absolute Gasteiger partial charge is 0.489 e. The topological polar surface area (TPSA) is 107 Å². The molecule has 10 heteroatoms. The number of halogens is 1. The number of hydrogen-bond acceptors (Lipinski definition) is 5. The zero-order valence-electron chi connectivity index (χ0n) is 25.6. The SMILES string of the molecule is Cc1c(NC(=O)C(C#N)=Cc2cn(-c3ccccc3)nc2-c2ccc(OCc3ccc(F)cc3)cc2)c(=O)n(-c2ccccc2)n1C. The molecule has 0 saturated carbocycles. The Kier molecular flexibility index (Phi) is 8.62. The van der Waals surface area contributed by atoms with E-state index in [-0.39, 0.29) is 23.7 Å². The number of rotatable bonds is 9. The maximum atomic E-state index is 13.5. The molecule has 4 aromatic carbocycles. The second kappa shape index (κ2) is 13.3. The predicted molar refractivity (Wildman–Crippen MR) is 178 cm³/mol. The van der Waals surface area contributed by atoms with Crippen molar-refractivity contribution in [2.75, 3.05) is 5.32 Å². The van der Waals surface area contributed by atoms with Crippen LogP contribution in [0, 0.1) is 24.1 Å². The molecule has 9 nitrogen and oxygen atoms in total. The summed E-state index contributed by atoms with van der Waals surface area (Å²) in [6, 6.07) is 33.9. The number of aromatic nitrogens is 4. The highest BCUT2D eigenvalue weighted by atomic mass is 19.1. The van der Waals surface area contributed by atoms with E-state index >= 15 is 0 Å². The molecule has 1 N–H and O–H groups in total. The Bertz CT molecular complexity index is 2170. The third-order valence-electron chi connectivity index (χ3n) is 7.67. The van der Waals surface area contributed by atoms with E-state index in [0.717, 1.165) is 16.8 Å². The maximum Gasteiger partial charge on any atom is 0.295 e. The molecule has 6 aromatic rings. The van der Waals surface area contributed by atoms with Crippen molar-refractivity contribution in [2.24, 2.45) is 7.05 Å². The molecule has 0 spiro atoms. The van der Waals surface area contributed by atoms with Gasteiger partial charge in [-0.25, -0.2) is 13.8 Å². The van der Waals surface area contributed by atoms with Crippen LogP contribution in [-0.4, -0.2) is 25.1 Å². The van der Waals surface area contributed by atoms with Gasteiger partial charge in [-0.2, -0.15) is 10.4 Å². The molecule has 232 valence electrons. The average molecular weight is 625 g/mol. The lowest BCUT2D eigenvalue weighted by atomic mass is 10.1. The summed E-state index contributed by atoms with van der Waals surface area (Å²) in [6.07, 6.45) is 3.20. The van der Waals surface area contributed by atoms with Gasteiger partial charge in [-0.3, -0.25) is 14.3 Å². The minimum atomic E-state index is -0.721. The first-order chi connectivity index (χ1) is 22.8. The molecule has 0 aliphatic heterocycles. The molecular weight excluding hydrogens is 595 g/mol. The fourth-order valence-electron chi connectivity index (χ4n) is 5.08. The van der Waals surface area contributed by atoms with Crippen LogP contribution in [0.25, 0.3) is 28.7 Å². The van der Waals surface area contributed by atoms with Gasteiger partial charge >= 0.3 is 0 Å². The zero-order valence-corrected chi connectivity index (χ0v) is 25.6. The van der Waals surface area contributed by atoms with Crippen LogP contribution >= 0.6 is 0 Å². The Morgan fingerprint density at radius 1 is 0.936 bits per heavy atom. The van der Waals surface area contributed by atoms with E-state index in [1.165, 1.54) is 22.9 Å². The van der Waals surface area contributed by atoms with E-state index in [1.807, 2.05) is 66.7 Å². The molecule has 0 saturated heterocycles. The van der Waals surface area contributed by atoms with Crippen LogP contribution in [0.4, 0.5) is 10.1 Å². The summed E-state index contributed by atoms with van der Waals surface area (Å²) in [5.41, 5.74) is 4.03. The van der Waals surface area contributed by atoms with Gasteiger partial charge in [0.2, 0.25) is 0 Å². The Morgan fingerprint density at radius 2 is 1.57 bits per heavy atom. The van der Waals surface area contributed by atoms with Crippen molar-refractivity contribution in [1.29, 1.82) is 5.26 Å². The van der Waals surface area contributed by atoms with Gasteiger partial charge in [-0.05, 0) is 79.2 Å². The summed E-state index contributed by atoms with van der Waals surface area (Å²) in [4.78, 5) is 26.8. The number of anilines is 1. The molecule has 6 rings (SSSR count). The third kappa shape index (κ3) is 6.50. The Hall–Kier alpha value is -6.47. The van der Waals surface area contributed by atoms with Crippen molar-refractivity contribution >= 4 is 17.7 Å². The van der Waals surface area contributed by atoms with Crippen molar-refractivity contribution in [2.45, 2.75) is 13.5 Å². The number of hydrogen-bond donors (Lipinski definition) is 1. The zero-order chi connectivity index (χ0) is 32.9. The molecule has 2 aromatic heterocycles. The summed E-state index contributed by atoms with van der Waals surface area (Å²) in [6.45, 7) is 2.00. The van der Waals surface area contributed by atoms with Gasteiger partial charge in [0.1, 0.15) is 35.5 Å². The van der Waals surface area contributed by atoms with E-state index in [1.54, 1.807) is 65.9 Å². The molecule has 0 fully saturated rings. The fraction of sp³-hybridized carbons (Fsp3) is 0.0811. The standard InChI is InChI=1S/C37H29FN6O3/c1-25-34(37(46)44(42(25)2)32-11-7-4-8-12-32)40-36(45)28(22-39)21-29-23-43(31-9-5-3-6-10-31)41-35(29)27-15-19-33(20-16-27)47-24-26-13-17-30(38)18-14-26/h3-21,23H,24H2,1-2H3,(H,40,45). The van der Waals surface area contributed by atoms with Crippen LogP contribution in [0.3, 0.4) is 0 Å². The summed E-state index contributed by atoms with van der Waals surface area (Å²) in [5.74, 6) is -0.424. The van der Waals surface area contributed by atoms with Crippen LogP contribution in [-0.2, 0) is 18.4 Å².